The summed E-state index contributed by atoms with van der Waals surface area (Å²) in [6.07, 6.45) is 1.07. The Kier molecular flexibility index (Phi) is 3.48. The SMILES string of the molecule is CC(C)Oc1ccc(Cl)c2c(=O)c(C(=O)O)c[nH]c12. The van der Waals surface area contributed by atoms with Gasteiger partial charge in [-0.25, -0.2) is 4.79 Å². The Morgan fingerprint density at radius 1 is 1.42 bits per heavy atom. The molecule has 0 fully saturated rings. The van der Waals surface area contributed by atoms with Gasteiger partial charge in [-0.3, -0.25) is 4.79 Å². The van der Waals surface area contributed by atoms with E-state index in [-0.39, 0.29) is 22.1 Å². The van der Waals surface area contributed by atoms with E-state index in [4.69, 9.17) is 21.4 Å². The number of carbonyl (C=O) groups is 1. The van der Waals surface area contributed by atoms with Crippen LogP contribution in [0.25, 0.3) is 10.9 Å². The molecule has 1 aromatic carbocycles. The number of H-pyrrole nitrogens is 1. The minimum atomic E-state index is -1.30. The van der Waals surface area contributed by atoms with Gasteiger partial charge >= 0.3 is 5.97 Å². The van der Waals surface area contributed by atoms with Crippen LogP contribution in [0.2, 0.25) is 5.02 Å². The van der Waals surface area contributed by atoms with Crippen molar-refractivity contribution in [3.8, 4) is 5.75 Å². The van der Waals surface area contributed by atoms with Crippen LogP contribution >= 0.6 is 11.6 Å². The normalized spacial score (nSPS) is 10.9. The third-order valence-corrected chi connectivity index (χ3v) is 2.86. The van der Waals surface area contributed by atoms with Crippen LogP contribution in [0.3, 0.4) is 0 Å². The lowest BCUT2D eigenvalue weighted by molar-refractivity contribution is 0.0695. The first-order chi connectivity index (χ1) is 8.91. The number of aromatic carboxylic acids is 1. The zero-order chi connectivity index (χ0) is 14.2. The smallest absolute Gasteiger partial charge is 0.341 e. The van der Waals surface area contributed by atoms with Gasteiger partial charge in [0.05, 0.1) is 22.0 Å². The number of pyridine rings is 1. The molecule has 5 nitrogen and oxygen atoms in total. The van der Waals surface area contributed by atoms with E-state index in [1.807, 2.05) is 13.8 Å². The Morgan fingerprint density at radius 2 is 2.11 bits per heavy atom. The zero-order valence-electron chi connectivity index (χ0n) is 10.4. The summed E-state index contributed by atoms with van der Waals surface area (Å²) in [5, 5.41) is 9.25. The van der Waals surface area contributed by atoms with Crippen LogP contribution in [0.4, 0.5) is 0 Å². The topological polar surface area (TPSA) is 79.4 Å². The summed E-state index contributed by atoms with van der Waals surface area (Å²) in [4.78, 5) is 25.8. The molecule has 0 aliphatic heterocycles. The van der Waals surface area contributed by atoms with Crippen molar-refractivity contribution in [2.45, 2.75) is 20.0 Å². The van der Waals surface area contributed by atoms with Crippen molar-refractivity contribution in [2.24, 2.45) is 0 Å². The Hall–Kier alpha value is -2.01. The largest absolute Gasteiger partial charge is 0.489 e. The second-order valence-electron chi connectivity index (χ2n) is 4.30. The van der Waals surface area contributed by atoms with E-state index in [0.29, 0.717) is 11.3 Å². The lowest BCUT2D eigenvalue weighted by Gasteiger charge is -2.12. The number of aromatic nitrogens is 1. The van der Waals surface area contributed by atoms with E-state index in [0.717, 1.165) is 6.20 Å². The number of carboxylic acids is 1. The number of benzene rings is 1. The van der Waals surface area contributed by atoms with Crippen molar-refractivity contribution >= 4 is 28.5 Å². The maximum absolute atomic E-state index is 12.1. The first-order valence-electron chi connectivity index (χ1n) is 5.65. The third-order valence-electron chi connectivity index (χ3n) is 2.54. The van der Waals surface area contributed by atoms with Crippen molar-refractivity contribution in [3.05, 3.63) is 39.1 Å². The molecule has 0 atom stereocenters. The fourth-order valence-electron chi connectivity index (χ4n) is 1.78. The minimum absolute atomic E-state index is 0.0768. The summed E-state index contributed by atoms with van der Waals surface area (Å²) in [6, 6.07) is 3.16. The molecule has 0 aliphatic carbocycles. The first-order valence-corrected chi connectivity index (χ1v) is 6.03. The second kappa shape index (κ2) is 4.93. The van der Waals surface area contributed by atoms with E-state index in [9.17, 15) is 9.59 Å². The molecule has 0 saturated heterocycles. The Labute approximate surface area is 113 Å². The number of halogens is 1. The molecule has 2 N–H and O–H groups in total. The summed E-state index contributed by atoms with van der Waals surface area (Å²) >= 11 is 5.98. The minimum Gasteiger partial charge on any atom is -0.489 e. The predicted octanol–water partition coefficient (Wildman–Crippen LogP) is 2.67. The predicted molar refractivity (Wildman–Crippen MR) is 72.3 cm³/mol. The standard InChI is InChI=1S/C13H12ClNO4/c1-6(2)19-9-4-3-8(14)10-11(9)15-5-7(12(10)16)13(17)18/h3-6H,1-2H3,(H,15,16)(H,17,18). The Bertz CT molecular complexity index is 706. The number of rotatable bonds is 3. The van der Waals surface area contributed by atoms with E-state index in [1.54, 1.807) is 6.07 Å². The van der Waals surface area contributed by atoms with Gasteiger partial charge in [0.1, 0.15) is 11.3 Å². The van der Waals surface area contributed by atoms with Crippen molar-refractivity contribution in [3.63, 3.8) is 0 Å². The number of hydrogen-bond donors (Lipinski definition) is 2. The fourth-order valence-corrected chi connectivity index (χ4v) is 2.02. The molecule has 0 radical (unpaired) electrons. The van der Waals surface area contributed by atoms with Crippen LogP contribution in [0.5, 0.6) is 5.75 Å². The lowest BCUT2D eigenvalue weighted by Crippen LogP contribution is -2.16. The van der Waals surface area contributed by atoms with Gasteiger partial charge in [-0.1, -0.05) is 11.6 Å². The van der Waals surface area contributed by atoms with Gasteiger partial charge in [0.15, 0.2) is 0 Å². The van der Waals surface area contributed by atoms with Crippen LogP contribution in [-0.2, 0) is 0 Å². The second-order valence-corrected chi connectivity index (χ2v) is 4.71. The van der Waals surface area contributed by atoms with Crippen molar-refractivity contribution in [1.29, 1.82) is 0 Å². The number of hydrogen-bond acceptors (Lipinski definition) is 3. The molecule has 19 heavy (non-hydrogen) atoms. The summed E-state index contributed by atoms with van der Waals surface area (Å²) in [7, 11) is 0. The fraction of sp³-hybridized carbons (Fsp3) is 0.231. The molecule has 1 heterocycles. The lowest BCUT2D eigenvalue weighted by atomic mass is 10.1. The zero-order valence-corrected chi connectivity index (χ0v) is 11.1. The molecule has 0 bridgehead atoms. The Balaban J connectivity index is 2.80. The molecule has 1 aromatic heterocycles. The highest BCUT2D eigenvalue weighted by atomic mass is 35.5. The molecular formula is C13H12ClNO4. The monoisotopic (exact) mass is 281 g/mol. The van der Waals surface area contributed by atoms with Gasteiger partial charge in [0.25, 0.3) is 0 Å². The number of nitrogens with one attached hydrogen (secondary N) is 1. The van der Waals surface area contributed by atoms with E-state index < -0.39 is 11.4 Å². The molecular weight excluding hydrogens is 270 g/mol. The maximum atomic E-state index is 12.1. The van der Waals surface area contributed by atoms with E-state index in [2.05, 4.69) is 4.98 Å². The van der Waals surface area contributed by atoms with Gasteiger partial charge in [-0.05, 0) is 26.0 Å². The Morgan fingerprint density at radius 3 is 2.68 bits per heavy atom. The molecule has 0 spiro atoms. The van der Waals surface area contributed by atoms with Gasteiger partial charge in [0.2, 0.25) is 5.43 Å². The van der Waals surface area contributed by atoms with Crippen LogP contribution in [0, 0.1) is 0 Å². The highest BCUT2D eigenvalue weighted by Gasteiger charge is 2.16. The van der Waals surface area contributed by atoms with Crippen molar-refractivity contribution < 1.29 is 14.6 Å². The van der Waals surface area contributed by atoms with Crippen LogP contribution < -0.4 is 10.2 Å². The van der Waals surface area contributed by atoms with Gasteiger partial charge in [0, 0.05) is 6.20 Å². The molecule has 100 valence electrons. The highest BCUT2D eigenvalue weighted by Crippen LogP contribution is 2.28. The van der Waals surface area contributed by atoms with Crippen LogP contribution in [0.1, 0.15) is 24.2 Å². The third kappa shape index (κ3) is 2.42. The quantitative estimate of drug-likeness (QED) is 0.906. The van der Waals surface area contributed by atoms with Crippen molar-refractivity contribution in [1.82, 2.24) is 4.98 Å². The van der Waals surface area contributed by atoms with Crippen molar-refractivity contribution in [2.75, 3.05) is 0 Å². The molecule has 0 saturated carbocycles. The van der Waals surface area contributed by atoms with E-state index >= 15 is 0 Å². The molecule has 6 heteroatoms. The maximum Gasteiger partial charge on any atom is 0.341 e. The average molecular weight is 282 g/mol. The number of aromatic amines is 1. The number of carboxylic acid groups (broad SMARTS) is 1. The van der Waals surface area contributed by atoms with Gasteiger partial charge in [-0.15, -0.1) is 0 Å². The summed E-state index contributed by atoms with van der Waals surface area (Å²) in [6.45, 7) is 3.70. The summed E-state index contributed by atoms with van der Waals surface area (Å²) in [5.41, 5.74) is -0.576. The number of fused-ring (bicyclic) bond motifs is 1. The highest BCUT2D eigenvalue weighted by molar-refractivity contribution is 6.35. The first kappa shape index (κ1) is 13.4. The molecule has 2 rings (SSSR count). The molecule has 2 aromatic rings. The summed E-state index contributed by atoms with van der Waals surface area (Å²) < 4.78 is 5.56. The molecule has 0 unspecified atom stereocenters. The van der Waals surface area contributed by atoms with E-state index in [1.165, 1.54) is 6.07 Å². The van der Waals surface area contributed by atoms with Gasteiger partial charge in [-0.2, -0.15) is 0 Å². The van der Waals surface area contributed by atoms with Crippen LogP contribution in [0.15, 0.2) is 23.1 Å². The molecule has 0 amide bonds. The molecule has 0 aliphatic rings. The van der Waals surface area contributed by atoms with Crippen LogP contribution in [-0.4, -0.2) is 22.2 Å². The average Bonchev–Trinajstić information content (AvgIpc) is 2.31. The summed E-state index contributed by atoms with van der Waals surface area (Å²) in [5.74, 6) is -0.835. The number of ether oxygens (including phenoxy) is 1. The van der Waals surface area contributed by atoms with Gasteiger partial charge < -0.3 is 14.8 Å².